The molecule has 1 N–H and O–H groups in total. The maximum atomic E-state index is 12.0. The van der Waals surface area contributed by atoms with Gasteiger partial charge in [0.15, 0.2) is 11.7 Å². The second kappa shape index (κ2) is 7.75. The van der Waals surface area contributed by atoms with E-state index in [1.165, 1.54) is 23.5 Å². The SMILES string of the molecule is Cc1ccccc1OCC(=O)Nc1nc(-c2ccc([N+](=O)[O-])cc2)cs1. The third kappa shape index (κ3) is 4.22. The van der Waals surface area contributed by atoms with Crippen LogP contribution in [0.3, 0.4) is 0 Å². The highest BCUT2D eigenvalue weighted by Crippen LogP contribution is 2.26. The number of nitro groups is 1. The smallest absolute Gasteiger partial charge is 0.269 e. The fourth-order valence-electron chi connectivity index (χ4n) is 2.23. The number of nitro benzene ring substituents is 1. The molecule has 2 aromatic carbocycles. The maximum absolute atomic E-state index is 12.0. The molecule has 0 fully saturated rings. The third-order valence-electron chi connectivity index (χ3n) is 3.58. The van der Waals surface area contributed by atoms with Crippen molar-refractivity contribution in [2.75, 3.05) is 11.9 Å². The molecule has 1 aromatic heterocycles. The zero-order chi connectivity index (χ0) is 18.5. The van der Waals surface area contributed by atoms with Gasteiger partial charge in [-0.25, -0.2) is 4.98 Å². The molecule has 3 aromatic rings. The Labute approximate surface area is 153 Å². The van der Waals surface area contributed by atoms with Gasteiger partial charge in [0.1, 0.15) is 5.75 Å². The summed E-state index contributed by atoms with van der Waals surface area (Å²) < 4.78 is 5.50. The highest BCUT2D eigenvalue weighted by Gasteiger charge is 2.11. The number of carbonyl (C=O) groups is 1. The molecular weight excluding hydrogens is 354 g/mol. The largest absolute Gasteiger partial charge is 0.483 e. The Morgan fingerprint density at radius 2 is 1.96 bits per heavy atom. The predicted octanol–water partition coefficient (Wildman–Crippen LogP) is 4.04. The molecule has 7 nitrogen and oxygen atoms in total. The lowest BCUT2D eigenvalue weighted by molar-refractivity contribution is -0.384. The van der Waals surface area contributed by atoms with Crippen LogP contribution >= 0.6 is 11.3 Å². The van der Waals surface area contributed by atoms with Gasteiger partial charge < -0.3 is 4.74 Å². The predicted molar refractivity (Wildman–Crippen MR) is 99.5 cm³/mol. The normalized spacial score (nSPS) is 10.3. The topological polar surface area (TPSA) is 94.4 Å². The number of amides is 1. The zero-order valence-corrected chi connectivity index (χ0v) is 14.7. The number of non-ortho nitro benzene ring substituents is 1. The van der Waals surface area contributed by atoms with Crippen LogP contribution in [0.15, 0.2) is 53.9 Å². The Kier molecular flexibility index (Phi) is 5.23. The molecule has 0 spiro atoms. The van der Waals surface area contributed by atoms with Gasteiger partial charge in [-0.15, -0.1) is 11.3 Å². The van der Waals surface area contributed by atoms with Crippen molar-refractivity contribution in [2.24, 2.45) is 0 Å². The van der Waals surface area contributed by atoms with Crippen molar-refractivity contribution in [1.82, 2.24) is 4.98 Å². The van der Waals surface area contributed by atoms with E-state index in [9.17, 15) is 14.9 Å². The summed E-state index contributed by atoms with van der Waals surface area (Å²) in [6.45, 7) is 1.79. The van der Waals surface area contributed by atoms with E-state index in [1.807, 2.05) is 25.1 Å². The van der Waals surface area contributed by atoms with E-state index < -0.39 is 4.92 Å². The molecule has 0 saturated heterocycles. The van der Waals surface area contributed by atoms with E-state index in [4.69, 9.17) is 4.74 Å². The van der Waals surface area contributed by atoms with Crippen LogP contribution in [-0.2, 0) is 4.79 Å². The van der Waals surface area contributed by atoms with Gasteiger partial charge in [0.05, 0.1) is 10.6 Å². The zero-order valence-electron chi connectivity index (χ0n) is 13.8. The van der Waals surface area contributed by atoms with Crippen LogP contribution in [0.25, 0.3) is 11.3 Å². The Hall–Kier alpha value is -3.26. The Morgan fingerprint density at radius 1 is 1.23 bits per heavy atom. The van der Waals surface area contributed by atoms with E-state index in [0.717, 1.165) is 11.1 Å². The first-order chi connectivity index (χ1) is 12.5. The molecule has 3 rings (SSSR count). The van der Waals surface area contributed by atoms with Crippen LogP contribution in [-0.4, -0.2) is 22.4 Å². The number of aryl methyl sites for hydroxylation is 1. The number of thiazole rings is 1. The van der Waals surface area contributed by atoms with Crippen molar-refractivity contribution < 1.29 is 14.5 Å². The molecule has 0 unspecified atom stereocenters. The van der Waals surface area contributed by atoms with Crippen LogP contribution in [0.1, 0.15) is 5.56 Å². The number of hydrogen-bond acceptors (Lipinski definition) is 6. The van der Waals surface area contributed by atoms with Crippen molar-refractivity contribution in [3.8, 4) is 17.0 Å². The Morgan fingerprint density at radius 3 is 2.65 bits per heavy atom. The first-order valence-electron chi connectivity index (χ1n) is 7.71. The second-order valence-corrected chi connectivity index (χ2v) is 6.30. The quantitative estimate of drug-likeness (QED) is 0.523. The molecule has 132 valence electrons. The lowest BCUT2D eigenvalue weighted by Crippen LogP contribution is -2.20. The highest BCUT2D eigenvalue weighted by molar-refractivity contribution is 7.14. The number of nitrogens with one attached hydrogen (secondary N) is 1. The number of para-hydroxylation sites is 1. The molecule has 0 aliphatic carbocycles. The maximum Gasteiger partial charge on any atom is 0.269 e. The average molecular weight is 369 g/mol. The van der Waals surface area contributed by atoms with Crippen LogP contribution < -0.4 is 10.1 Å². The minimum absolute atomic E-state index is 0.0193. The van der Waals surface area contributed by atoms with Crippen molar-refractivity contribution in [3.63, 3.8) is 0 Å². The lowest BCUT2D eigenvalue weighted by Gasteiger charge is -2.08. The highest BCUT2D eigenvalue weighted by atomic mass is 32.1. The van der Waals surface area contributed by atoms with E-state index in [0.29, 0.717) is 16.6 Å². The summed E-state index contributed by atoms with van der Waals surface area (Å²) in [5.41, 5.74) is 2.35. The number of hydrogen-bond donors (Lipinski definition) is 1. The van der Waals surface area contributed by atoms with Gasteiger partial charge in [-0.3, -0.25) is 20.2 Å². The van der Waals surface area contributed by atoms with Gasteiger partial charge in [0, 0.05) is 23.1 Å². The van der Waals surface area contributed by atoms with Gasteiger partial charge >= 0.3 is 0 Å². The van der Waals surface area contributed by atoms with Gasteiger partial charge in [-0.05, 0) is 30.7 Å². The van der Waals surface area contributed by atoms with Crippen LogP contribution in [0.2, 0.25) is 0 Å². The minimum atomic E-state index is -0.453. The summed E-state index contributed by atoms with van der Waals surface area (Å²) in [4.78, 5) is 26.6. The molecule has 1 amide bonds. The molecule has 0 radical (unpaired) electrons. The first-order valence-corrected chi connectivity index (χ1v) is 8.59. The Balaban J connectivity index is 1.60. The van der Waals surface area contributed by atoms with Gasteiger partial charge in [0.2, 0.25) is 0 Å². The van der Waals surface area contributed by atoms with Gasteiger partial charge in [0.25, 0.3) is 11.6 Å². The average Bonchev–Trinajstić information content (AvgIpc) is 3.09. The standard InChI is InChI=1S/C18H15N3O4S/c1-12-4-2-3-5-16(12)25-10-17(22)20-18-19-15(11-26-18)13-6-8-14(9-7-13)21(23)24/h2-9,11H,10H2,1H3,(H,19,20,22). The number of ether oxygens (including phenoxy) is 1. The third-order valence-corrected chi connectivity index (χ3v) is 4.33. The van der Waals surface area contributed by atoms with E-state index in [-0.39, 0.29) is 18.2 Å². The summed E-state index contributed by atoms with van der Waals surface area (Å²) in [6, 6.07) is 13.5. The van der Waals surface area contributed by atoms with Crippen molar-refractivity contribution in [3.05, 3.63) is 69.6 Å². The molecule has 26 heavy (non-hydrogen) atoms. The molecule has 0 atom stereocenters. The summed E-state index contributed by atoms with van der Waals surface area (Å²) in [5, 5.41) is 15.6. The van der Waals surface area contributed by atoms with E-state index >= 15 is 0 Å². The summed E-state index contributed by atoms with van der Waals surface area (Å²) in [7, 11) is 0. The summed E-state index contributed by atoms with van der Waals surface area (Å²) in [5.74, 6) is 0.353. The molecule has 0 aliphatic heterocycles. The van der Waals surface area contributed by atoms with E-state index in [1.54, 1.807) is 23.6 Å². The molecule has 0 saturated carbocycles. The monoisotopic (exact) mass is 369 g/mol. The summed E-state index contributed by atoms with van der Waals surface area (Å²) >= 11 is 1.28. The van der Waals surface area contributed by atoms with Crippen LogP contribution in [0, 0.1) is 17.0 Å². The number of rotatable bonds is 6. The number of nitrogens with zero attached hydrogens (tertiary/aromatic N) is 2. The summed E-state index contributed by atoms with van der Waals surface area (Å²) in [6.07, 6.45) is 0. The fraction of sp³-hybridized carbons (Fsp3) is 0.111. The second-order valence-electron chi connectivity index (χ2n) is 5.44. The number of benzene rings is 2. The molecule has 0 aliphatic rings. The number of aromatic nitrogens is 1. The minimum Gasteiger partial charge on any atom is -0.483 e. The van der Waals surface area contributed by atoms with Crippen molar-refractivity contribution in [2.45, 2.75) is 6.92 Å². The van der Waals surface area contributed by atoms with Crippen molar-refractivity contribution in [1.29, 1.82) is 0 Å². The number of carbonyl (C=O) groups excluding carboxylic acids is 1. The van der Waals surface area contributed by atoms with Crippen LogP contribution in [0.4, 0.5) is 10.8 Å². The van der Waals surface area contributed by atoms with Crippen LogP contribution in [0.5, 0.6) is 5.75 Å². The van der Waals surface area contributed by atoms with Gasteiger partial charge in [-0.2, -0.15) is 0 Å². The van der Waals surface area contributed by atoms with Crippen molar-refractivity contribution >= 4 is 28.1 Å². The molecule has 0 bridgehead atoms. The molecule has 8 heteroatoms. The van der Waals surface area contributed by atoms with E-state index in [2.05, 4.69) is 10.3 Å². The Bertz CT molecular complexity index is 938. The lowest BCUT2D eigenvalue weighted by atomic mass is 10.1. The molecular formula is C18H15N3O4S. The fourth-order valence-corrected chi connectivity index (χ4v) is 2.97. The van der Waals surface area contributed by atoms with Gasteiger partial charge in [-0.1, -0.05) is 18.2 Å². The number of anilines is 1. The first kappa shape index (κ1) is 17.6. The molecule has 1 heterocycles.